The summed E-state index contributed by atoms with van der Waals surface area (Å²) in [5, 5.41) is 0. The van der Waals surface area contributed by atoms with Crippen molar-refractivity contribution in [2.75, 3.05) is 11.5 Å². The number of ketones is 1. The molecule has 5 nitrogen and oxygen atoms in total. The van der Waals surface area contributed by atoms with Gasteiger partial charge in [-0.2, -0.15) is 0 Å². The molecule has 0 bridgehead atoms. The van der Waals surface area contributed by atoms with Gasteiger partial charge in [0.25, 0.3) is 5.91 Å². The van der Waals surface area contributed by atoms with Crippen LogP contribution in [0.25, 0.3) is 11.3 Å². The van der Waals surface area contributed by atoms with Crippen molar-refractivity contribution in [2.45, 2.75) is 20.8 Å². The molecule has 1 aliphatic rings. The lowest BCUT2D eigenvalue weighted by Crippen LogP contribution is -2.31. The zero-order valence-electron chi connectivity index (χ0n) is 14.9. The zero-order chi connectivity index (χ0) is 18.8. The van der Waals surface area contributed by atoms with E-state index in [4.69, 9.17) is 4.74 Å². The van der Waals surface area contributed by atoms with E-state index in [1.807, 2.05) is 37.3 Å². The molecule has 1 aliphatic heterocycles. The van der Waals surface area contributed by atoms with E-state index < -0.39 is 11.8 Å². The van der Waals surface area contributed by atoms with Gasteiger partial charge in [-0.3, -0.25) is 14.4 Å². The van der Waals surface area contributed by atoms with E-state index in [-0.39, 0.29) is 5.78 Å². The van der Waals surface area contributed by atoms with E-state index in [0.29, 0.717) is 34.8 Å². The number of nitrogens with zero attached hydrogens (tertiary/aromatic N) is 1. The van der Waals surface area contributed by atoms with Gasteiger partial charge in [-0.05, 0) is 19.9 Å². The molecule has 0 radical (unpaired) electrons. The van der Waals surface area contributed by atoms with Crippen LogP contribution in [-0.4, -0.2) is 24.2 Å². The number of carbonyl (C=O) groups is 3. The number of hydrogen-bond donors (Lipinski definition) is 0. The van der Waals surface area contributed by atoms with Gasteiger partial charge in [-0.1, -0.05) is 42.5 Å². The number of hydrogen-bond acceptors (Lipinski definition) is 4. The normalized spacial score (nSPS) is 14.9. The smallest absolute Gasteiger partial charge is 0.269 e. The summed E-state index contributed by atoms with van der Waals surface area (Å²) in [5.74, 6) is -0.552. The molecule has 0 unspecified atom stereocenters. The minimum Gasteiger partial charge on any atom is -0.492 e. The topological polar surface area (TPSA) is 63.7 Å². The first-order chi connectivity index (χ1) is 12.5. The number of imide groups is 1. The lowest BCUT2D eigenvalue weighted by molar-refractivity contribution is -0.122. The van der Waals surface area contributed by atoms with Crippen LogP contribution in [0.1, 0.15) is 42.3 Å². The first kappa shape index (κ1) is 17.6. The molecule has 5 heteroatoms. The van der Waals surface area contributed by atoms with E-state index in [1.54, 1.807) is 18.2 Å². The van der Waals surface area contributed by atoms with E-state index in [1.165, 1.54) is 13.8 Å². The van der Waals surface area contributed by atoms with Gasteiger partial charge in [0.1, 0.15) is 5.76 Å². The van der Waals surface area contributed by atoms with Gasteiger partial charge in [0, 0.05) is 23.6 Å². The Bertz CT molecular complexity index is 928. The lowest BCUT2D eigenvalue weighted by atomic mass is 10.00. The highest BCUT2D eigenvalue weighted by atomic mass is 16.5. The first-order valence-electron chi connectivity index (χ1n) is 8.38. The summed E-state index contributed by atoms with van der Waals surface area (Å²) in [6, 6.07) is 14.2. The molecule has 2 amide bonds. The van der Waals surface area contributed by atoms with Crippen molar-refractivity contribution in [1.82, 2.24) is 0 Å². The van der Waals surface area contributed by atoms with Crippen LogP contribution in [0.15, 0.2) is 48.5 Å². The number of rotatable bonds is 4. The molecule has 0 saturated carbocycles. The Morgan fingerprint density at radius 2 is 1.69 bits per heavy atom. The highest BCUT2D eigenvalue weighted by Crippen LogP contribution is 2.41. The summed E-state index contributed by atoms with van der Waals surface area (Å²) in [6.45, 7) is 4.99. The second-order valence-electron chi connectivity index (χ2n) is 5.95. The van der Waals surface area contributed by atoms with Gasteiger partial charge in [-0.25, -0.2) is 4.90 Å². The van der Waals surface area contributed by atoms with Gasteiger partial charge in [0.15, 0.2) is 5.78 Å². The molecule has 2 aromatic carbocycles. The predicted molar refractivity (Wildman–Crippen MR) is 99.5 cm³/mol. The summed E-state index contributed by atoms with van der Waals surface area (Å²) in [7, 11) is 0. The van der Waals surface area contributed by atoms with E-state index >= 15 is 0 Å². The molecule has 3 rings (SSSR count). The van der Waals surface area contributed by atoms with Crippen LogP contribution in [0.5, 0.6) is 0 Å². The third-order valence-electron chi connectivity index (χ3n) is 4.20. The second kappa shape index (κ2) is 6.96. The average Bonchev–Trinajstić information content (AvgIpc) is 2.91. The van der Waals surface area contributed by atoms with Crippen LogP contribution in [-0.2, 0) is 14.3 Å². The van der Waals surface area contributed by atoms with Crippen molar-refractivity contribution in [3.8, 4) is 0 Å². The number of amides is 2. The lowest BCUT2D eigenvalue weighted by Gasteiger charge is -2.13. The molecule has 2 aromatic rings. The van der Waals surface area contributed by atoms with Crippen molar-refractivity contribution in [1.29, 1.82) is 0 Å². The van der Waals surface area contributed by atoms with Crippen molar-refractivity contribution in [2.24, 2.45) is 0 Å². The number of benzene rings is 2. The minimum atomic E-state index is -0.444. The first-order valence-corrected chi connectivity index (χ1v) is 8.38. The number of carbonyl (C=O) groups excluding carboxylic acids is 3. The number of anilines is 1. The number of ether oxygens (including phenoxy) is 1. The summed E-state index contributed by atoms with van der Waals surface area (Å²) < 4.78 is 5.80. The van der Waals surface area contributed by atoms with Gasteiger partial charge >= 0.3 is 0 Å². The molecule has 0 N–H and O–H groups in total. The Kier molecular flexibility index (Phi) is 4.71. The molecule has 0 spiro atoms. The van der Waals surface area contributed by atoms with Crippen LogP contribution in [0.2, 0.25) is 0 Å². The fourth-order valence-electron chi connectivity index (χ4n) is 3.05. The van der Waals surface area contributed by atoms with Crippen molar-refractivity contribution in [3.63, 3.8) is 0 Å². The Morgan fingerprint density at radius 1 is 1.00 bits per heavy atom. The molecular weight excluding hydrogens is 330 g/mol. The minimum absolute atomic E-state index is 0.130. The van der Waals surface area contributed by atoms with Gasteiger partial charge in [-0.15, -0.1) is 0 Å². The van der Waals surface area contributed by atoms with Crippen LogP contribution >= 0.6 is 0 Å². The fourth-order valence-corrected chi connectivity index (χ4v) is 3.05. The summed E-state index contributed by atoms with van der Waals surface area (Å²) in [4.78, 5) is 38.0. The maximum Gasteiger partial charge on any atom is 0.269 e. The number of fused-ring (bicyclic) bond motifs is 1. The Hall–Kier alpha value is -3.21. The molecule has 0 fully saturated rings. The standard InChI is InChI=1S/C21H19NO4/c1-4-26-20(15-8-6-5-7-9-15)19-17-11-10-16(13(2)23)12-18(17)22(14(3)24)21(19)25/h5-12H,4H2,1-3H3/b20-19+. The molecule has 0 saturated heterocycles. The van der Waals surface area contributed by atoms with Crippen molar-refractivity contribution >= 4 is 34.6 Å². The van der Waals surface area contributed by atoms with Gasteiger partial charge in [0.05, 0.1) is 17.9 Å². The number of Topliss-reactive ketones (excluding diaryl/α,β-unsaturated/α-hetero) is 1. The van der Waals surface area contributed by atoms with Crippen LogP contribution in [0.3, 0.4) is 0 Å². The van der Waals surface area contributed by atoms with E-state index in [9.17, 15) is 14.4 Å². The maximum absolute atomic E-state index is 13.1. The highest BCUT2D eigenvalue weighted by Gasteiger charge is 2.38. The molecule has 132 valence electrons. The molecule has 1 heterocycles. The van der Waals surface area contributed by atoms with Gasteiger partial charge in [0.2, 0.25) is 5.91 Å². The molecule has 0 aliphatic carbocycles. The highest BCUT2D eigenvalue weighted by molar-refractivity contribution is 6.43. The average molecular weight is 349 g/mol. The predicted octanol–water partition coefficient (Wildman–Crippen LogP) is 3.69. The summed E-state index contributed by atoms with van der Waals surface area (Å²) >= 11 is 0. The van der Waals surface area contributed by atoms with Crippen LogP contribution < -0.4 is 4.90 Å². The molecule has 26 heavy (non-hydrogen) atoms. The SMILES string of the molecule is CCO/C(=C1/C(=O)N(C(C)=O)c2cc(C(C)=O)ccc21)c1ccccc1. The van der Waals surface area contributed by atoms with Crippen LogP contribution in [0.4, 0.5) is 5.69 Å². The summed E-state index contributed by atoms with van der Waals surface area (Å²) in [6.07, 6.45) is 0. The fraction of sp³-hybridized carbons (Fsp3) is 0.190. The Labute approximate surface area is 151 Å². The Balaban J connectivity index is 2.30. The van der Waals surface area contributed by atoms with Crippen LogP contribution in [0, 0.1) is 0 Å². The van der Waals surface area contributed by atoms with Crippen molar-refractivity contribution in [3.05, 3.63) is 65.2 Å². The third-order valence-corrected chi connectivity index (χ3v) is 4.20. The molecule has 0 aromatic heterocycles. The molecule has 0 atom stereocenters. The van der Waals surface area contributed by atoms with Crippen molar-refractivity contribution < 1.29 is 19.1 Å². The summed E-state index contributed by atoms with van der Waals surface area (Å²) in [5.41, 5.74) is 2.53. The monoisotopic (exact) mass is 349 g/mol. The van der Waals surface area contributed by atoms with Gasteiger partial charge < -0.3 is 4.74 Å². The quantitative estimate of drug-likeness (QED) is 0.480. The van der Waals surface area contributed by atoms with E-state index in [0.717, 1.165) is 10.5 Å². The largest absolute Gasteiger partial charge is 0.492 e. The maximum atomic E-state index is 13.1. The third kappa shape index (κ3) is 2.92. The van der Waals surface area contributed by atoms with E-state index in [2.05, 4.69) is 0 Å². The second-order valence-corrected chi connectivity index (χ2v) is 5.95. The molecular formula is C21H19NO4. The Morgan fingerprint density at radius 3 is 2.27 bits per heavy atom. The zero-order valence-corrected chi connectivity index (χ0v) is 14.9.